The summed E-state index contributed by atoms with van der Waals surface area (Å²) < 4.78 is 11.7. The van der Waals surface area contributed by atoms with Crippen molar-refractivity contribution in [1.82, 2.24) is 0 Å². The van der Waals surface area contributed by atoms with Crippen LogP contribution in [0.15, 0.2) is 30.3 Å². The Bertz CT molecular complexity index is 423. The van der Waals surface area contributed by atoms with Crippen LogP contribution in [0.3, 0.4) is 0 Å². The van der Waals surface area contributed by atoms with Gasteiger partial charge in [-0.25, -0.2) is 0 Å². The van der Waals surface area contributed by atoms with Crippen molar-refractivity contribution >= 4 is 0 Å². The van der Waals surface area contributed by atoms with E-state index in [0.717, 1.165) is 45.1 Å². The van der Waals surface area contributed by atoms with Crippen LogP contribution in [0.1, 0.15) is 43.6 Å². The average Bonchev–Trinajstić information content (AvgIpc) is 2.54. The first-order chi connectivity index (χ1) is 10.3. The van der Waals surface area contributed by atoms with E-state index < -0.39 is 0 Å². The molecule has 2 N–H and O–H groups in total. The molecule has 2 fully saturated rings. The number of benzene rings is 1. The molecule has 2 saturated heterocycles. The highest BCUT2D eigenvalue weighted by Crippen LogP contribution is 2.40. The van der Waals surface area contributed by atoms with Crippen LogP contribution in [0, 0.1) is 5.92 Å². The van der Waals surface area contributed by atoms with E-state index in [1.165, 1.54) is 24.8 Å². The maximum absolute atomic E-state index is 6.15. The lowest BCUT2D eigenvalue weighted by Gasteiger charge is -2.44. The van der Waals surface area contributed by atoms with E-state index in [1.807, 2.05) is 0 Å². The summed E-state index contributed by atoms with van der Waals surface area (Å²) in [7, 11) is 0. The Morgan fingerprint density at radius 2 is 1.90 bits per heavy atom. The molecule has 2 heterocycles. The molecule has 1 spiro atoms. The summed E-state index contributed by atoms with van der Waals surface area (Å²) in [5, 5.41) is 0. The van der Waals surface area contributed by atoms with E-state index >= 15 is 0 Å². The van der Waals surface area contributed by atoms with Gasteiger partial charge >= 0.3 is 0 Å². The van der Waals surface area contributed by atoms with E-state index in [2.05, 4.69) is 30.3 Å². The van der Waals surface area contributed by atoms with Crippen molar-refractivity contribution in [3.8, 4) is 0 Å². The van der Waals surface area contributed by atoms with Crippen molar-refractivity contribution < 1.29 is 9.47 Å². The fraction of sp³-hybridized carbons (Fsp3) is 0.667. The highest BCUT2D eigenvalue weighted by Gasteiger charge is 2.39. The molecule has 0 bridgehead atoms. The molecule has 1 aromatic carbocycles. The first-order valence-corrected chi connectivity index (χ1v) is 8.28. The minimum atomic E-state index is 0.0942. The summed E-state index contributed by atoms with van der Waals surface area (Å²) in [6.45, 7) is 3.34. The zero-order valence-corrected chi connectivity index (χ0v) is 12.8. The Morgan fingerprint density at radius 3 is 2.62 bits per heavy atom. The summed E-state index contributed by atoms with van der Waals surface area (Å²) in [6.07, 6.45) is 5.66. The molecule has 2 aliphatic heterocycles. The van der Waals surface area contributed by atoms with Crippen LogP contribution in [-0.4, -0.2) is 32.0 Å². The van der Waals surface area contributed by atoms with Crippen LogP contribution in [0.25, 0.3) is 0 Å². The average molecular weight is 289 g/mol. The maximum Gasteiger partial charge on any atom is 0.0729 e. The van der Waals surface area contributed by atoms with E-state index in [9.17, 15) is 0 Å². The first kappa shape index (κ1) is 15.0. The lowest BCUT2D eigenvalue weighted by atomic mass is 9.76. The van der Waals surface area contributed by atoms with Gasteiger partial charge in [0.1, 0.15) is 0 Å². The van der Waals surface area contributed by atoms with Crippen LogP contribution < -0.4 is 5.73 Å². The van der Waals surface area contributed by atoms with Gasteiger partial charge in [-0.15, -0.1) is 0 Å². The lowest BCUT2D eigenvalue weighted by Crippen LogP contribution is -2.44. The Morgan fingerprint density at radius 1 is 1.14 bits per heavy atom. The maximum atomic E-state index is 6.15. The predicted octanol–water partition coefficient (Wildman–Crippen LogP) is 3.09. The van der Waals surface area contributed by atoms with Gasteiger partial charge in [-0.3, -0.25) is 0 Å². The van der Waals surface area contributed by atoms with E-state index in [0.29, 0.717) is 5.92 Å². The van der Waals surface area contributed by atoms with Crippen LogP contribution in [0.2, 0.25) is 0 Å². The van der Waals surface area contributed by atoms with E-state index in [1.54, 1.807) is 0 Å². The minimum absolute atomic E-state index is 0.0942. The van der Waals surface area contributed by atoms with E-state index in [4.69, 9.17) is 15.2 Å². The minimum Gasteiger partial charge on any atom is -0.381 e. The SMILES string of the molecule is NCC(CC1CCOC2(CCOCC2)C1)c1ccccc1. The lowest BCUT2D eigenvalue weighted by molar-refractivity contribution is -0.148. The van der Waals surface area contributed by atoms with Crippen molar-refractivity contribution in [3.63, 3.8) is 0 Å². The predicted molar refractivity (Wildman–Crippen MR) is 84.3 cm³/mol. The molecule has 21 heavy (non-hydrogen) atoms. The molecule has 2 aliphatic rings. The molecular formula is C18H27NO2. The standard InChI is InChI=1S/C18H27NO2/c19-14-17(16-4-2-1-3-5-16)12-15-6-9-21-18(13-15)7-10-20-11-8-18/h1-5,15,17H,6-14,19H2. The summed E-state index contributed by atoms with van der Waals surface area (Å²) in [5.41, 5.74) is 7.52. The fourth-order valence-corrected chi connectivity index (χ4v) is 3.92. The third-order valence-electron chi connectivity index (χ3n) is 5.17. The van der Waals surface area contributed by atoms with Crippen LogP contribution in [0.5, 0.6) is 0 Å². The van der Waals surface area contributed by atoms with Gasteiger partial charge in [-0.1, -0.05) is 30.3 Å². The Balaban J connectivity index is 1.63. The molecular weight excluding hydrogens is 262 g/mol. The molecule has 3 nitrogen and oxygen atoms in total. The molecule has 0 saturated carbocycles. The van der Waals surface area contributed by atoms with Crippen molar-refractivity contribution in [1.29, 1.82) is 0 Å². The molecule has 1 aromatic rings. The summed E-state index contributed by atoms with van der Waals surface area (Å²) >= 11 is 0. The van der Waals surface area contributed by atoms with Gasteiger partial charge in [0.15, 0.2) is 0 Å². The zero-order chi connectivity index (χ0) is 14.5. The smallest absolute Gasteiger partial charge is 0.0729 e. The van der Waals surface area contributed by atoms with Crippen LogP contribution in [0.4, 0.5) is 0 Å². The number of hydrogen-bond acceptors (Lipinski definition) is 3. The Labute approximate surface area is 127 Å². The van der Waals surface area contributed by atoms with Gasteiger partial charge in [-0.2, -0.15) is 0 Å². The van der Waals surface area contributed by atoms with Gasteiger partial charge in [0.25, 0.3) is 0 Å². The van der Waals surface area contributed by atoms with Gasteiger partial charge in [-0.05, 0) is 56.0 Å². The van der Waals surface area contributed by atoms with Gasteiger partial charge < -0.3 is 15.2 Å². The monoisotopic (exact) mass is 289 g/mol. The third-order valence-corrected chi connectivity index (χ3v) is 5.17. The van der Waals surface area contributed by atoms with Gasteiger partial charge in [0.05, 0.1) is 5.60 Å². The molecule has 0 aromatic heterocycles. The second-order valence-electron chi connectivity index (χ2n) is 6.58. The number of rotatable bonds is 4. The molecule has 2 atom stereocenters. The molecule has 0 aliphatic carbocycles. The second-order valence-corrected chi connectivity index (χ2v) is 6.58. The largest absolute Gasteiger partial charge is 0.381 e. The molecule has 116 valence electrons. The summed E-state index contributed by atoms with van der Waals surface area (Å²) in [5.74, 6) is 1.21. The van der Waals surface area contributed by atoms with Gasteiger partial charge in [0, 0.05) is 19.8 Å². The second kappa shape index (κ2) is 6.91. The molecule has 2 unspecified atom stereocenters. The summed E-state index contributed by atoms with van der Waals surface area (Å²) in [6, 6.07) is 10.7. The van der Waals surface area contributed by atoms with Crippen molar-refractivity contribution in [2.75, 3.05) is 26.4 Å². The molecule has 0 amide bonds. The fourth-order valence-electron chi connectivity index (χ4n) is 3.92. The molecule has 0 radical (unpaired) electrons. The highest BCUT2D eigenvalue weighted by molar-refractivity contribution is 5.20. The first-order valence-electron chi connectivity index (χ1n) is 8.28. The number of hydrogen-bond donors (Lipinski definition) is 1. The topological polar surface area (TPSA) is 44.5 Å². The number of nitrogens with two attached hydrogens (primary N) is 1. The Hall–Kier alpha value is -0.900. The highest BCUT2D eigenvalue weighted by atomic mass is 16.5. The van der Waals surface area contributed by atoms with Gasteiger partial charge in [0.2, 0.25) is 0 Å². The zero-order valence-electron chi connectivity index (χ0n) is 12.8. The molecule has 3 rings (SSSR count). The quantitative estimate of drug-likeness (QED) is 0.926. The normalized spacial score (nSPS) is 26.6. The van der Waals surface area contributed by atoms with Crippen LogP contribution in [-0.2, 0) is 9.47 Å². The van der Waals surface area contributed by atoms with E-state index in [-0.39, 0.29) is 5.60 Å². The van der Waals surface area contributed by atoms with Crippen molar-refractivity contribution in [2.24, 2.45) is 11.7 Å². The van der Waals surface area contributed by atoms with Crippen LogP contribution >= 0.6 is 0 Å². The molecule has 3 heteroatoms. The Kier molecular flexibility index (Phi) is 4.94. The van der Waals surface area contributed by atoms with Crippen molar-refractivity contribution in [3.05, 3.63) is 35.9 Å². The number of ether oxygens (including phenoxy) is 2. The van der Waals surface area contributed by atoms with Crippen molar-refractivity contribution in [2.45, 2.75) is 43.6 Å². The third kappa shape index (κ3) is 3.65. The summed E-state index contributed by atoms with van der Waals surface area (Å²) in [4.78, 5) is 0.